The minimum absolute atomic E-state index is 0.279. The molecule has 9 heteroatoms. The summed E-state index contributed by atoms with van der Waals surface area (Å²) in [4.78, 5) is 0.279. The first-order chi connectivity index (χ1) is 12.4. The highest BCUT2D eigenvalue weighted by Gasteiger charge is 2.26. The van der Waals surface area contributed by atoms with Crippen LogP contribution in [0.2, 0.25) is 10.0 Å². The molecule has 1 aliphatic rings. The number of hydrogen-bond acceptors (Lipinski definition) is 3. The van der Waals surface area contributed by atoms with Crippen molar-refractivity contribution in [3.8, 4) is 0 Å². The van der Waals surface area contributed by atoms with Crippen molar-refractivity contribution in [3.05, 3.63) is 52.5 Å². The zero-order valence-electron chi connectivity index (χ0n) is 13.7. The number of halogens is 2. The van der Waals surface area contributed by atoms with E-state index in [0.29, 0.717) is 39.6 Å². The molecule has 0 saturated carbocycles. The van der Waals surface area contributed by atoms with Gasteiger partial charge in [0, 0.05) is 18.8 Å². The number of thiocarbonyl (C=S) groups is 1. The van der Waals surface area contributed by atoms with Gasteiger partial charge in [0.2, 0.25) is 10.0 Å². The van der Waals surface area contributed by atoms with Crippen LogP contribution in [0.1, 0.15) is 12.8 Å². The molecule has 0 aliphatic carbocycles. The Kier molecular flexibility index (Phi) is 6.04. The summed E-state index contributed by atoms with van der Waals surface area (Å²) in [6.45, 7) is 1.16. The van der Waals surface area contributed by atoms with Gasteiger partial charge < -0.3 is 10.6 Å². The zero-order valence-corrected chi connectivity index (χ0v) is 16.9. The van der Waals surface area contributed by atoms with E-state index in [2.05, 4.69) is 10.6 Å². The topological polar surface area (TPSA) is 61.4 Å². The molecule has 1 saturated heterocycles. The van der Waals surface area contributed by atoms with Crippen molar-refractivity contribution >= 4 is 61.9 Å². The van der Waals surface area contributed by atoms with E-state index in [9.17, 15) is 8.42 Å². The van der Waals surface area contributed by atoms with E-state index >= 15 is 0 Å². The van der Waals surface area contributed by atoms with Crippen LogP contribution in [0, 0.1) is 0 Å². The van der Waals surface area contributed by atoms with Crippen LogP contribution >= 0.6 is 35.4 Å². The molecule has 0 bridgehead atoms. The summed E-state index contributed by atoms with van der Waals surface area (Å²) in [6.07, 6.45) is 1.82. The fourth-order valence-electron chi connectivity index (χ4n) is 2.67. The van der Waals surface area contributed by atoms with Gasteiger partial charge in [-0.25, -0.2) is 8.42 Å². The Morgan fingerprint density at radius 3 is 2.31 bits per heavy atom. The van der Waals surface area contributed by atoms with Gasteiger partial charge >= 0.3 is 0 Å². The van der Waals surface area contributed by atoms with Gasteiger partial charge in [-0.1, -0.05) is 29.3 Å². The Morgan fingerprint density at radius 1 is 1.00 bits per heavy atom. The standard InChI is InChI=1S/C17H17Cl2N3O2S2/c18-14-4-3-5-15(16(14)19)21-17(25)20-12-6-8-13(9-7-12)26(23,24)22-10-1-2-11-22/h3-9H,1-2,10-11H2,(H2,20,21,25). The predicted molar refractivity (Wildman–Crippen MR) is 111 cm³/mol. The third kappa shape index (κ3) is 4.29. The molecule has 2 N–H and O–H groups in total. The van der Waals surface area contributed by atoms with E-state index in [1.54, 1.807) is 42.5 Å². The normalized spacial score (nSPS) is 15.0. The Bertz CT molecular complexity index is 912. The van der Waals surface area contributed by atoms with Gasteiger partial charge in [0.05, 0.1) is 20.6 Å². The number of hydrogen-bond donors (Lipinski definition) is 2. The lowest BCUT2D eigenvalue weighted by Gasteiger charge is -2.16. The van der Waals surface area contributed by atoms with E-state index in [0.717, 1.165) is 12.8 Å². The van der Waals surface area contributed by atoms with Gasteiger partial charge in [0.15, 0.2) is 5.11 Å². The van der Waals surface area contributed by atoms with Crippen LogP contribution in [0.15, 0.2) is 47.4 Å². The summed E-state index contributed by atoms with van der Waals surface area (Å²) in [5.41, 5.74) is 1.26. The van der Waals surface area contributed by atoms with Crippen molar-refractivity contribution in [2.45, 2.75) is 17.7 Å². The van der Waals surface area contributed by atoms with Gasteiger partial charge in [-0.2, -0.15) is 4.31 Å². The van der Waals surface area contributed by atoms with Crippen molar-refractivity contribution in [2.24, 2.45) is 0 Å². The largest absolute Gasteiger partial charge is 0.332 e. The molecule has 1 fully saturated rings. The van der Waals surface area contributed by atoms with Crippen LogP contribution in [0.5, 0.6) is 0 Å². The van der Waals surface area contributed by atoms with Crippen LogP contribution in [0.4, 0.5) is 11.4 Å². The minimum Gasteiger partial charge on any atom is -0.332 e. The van der Waals surface area contributed by atoms with Crippen molar-refractivity contribution in [3.63, 3.8) is 0 Å². The molecule has 2 aromatic rings. The monoisotopic (exact) mass is 429 g/mol. The fourth-order valence-corrected chi connectivity index (χ4v) is 4.77. The Balaban J connectivity index is 1.67. The molecule has 138 valence electrons. The van der Waals surface area contributed by atoms with Crippen molar-refractivity contribution < 1.29 is 8.42 Å². The summed E-state index contributed by atoms with van der Waals surface area (Å²) in [5.74, 6) is 0. The first-order valence-electron chi connectivity index (χ1n) is 8.00. The van der Waals surface area contributed by atoms with E-state index in [1.807, 2.05) is 0 Å². The average Bonchev–Trinajstić information content (AvgIpc) is 3.15. The number of rotatable bonds is 4. The molecule has 3 rings (SSSR count). The van der Waals surface area contributed by atoms with Crippen molar-refractivity contribution in [1.82, 2.24) is 4.31 Å². The molecule has 0 amide bonds. The predicted octanol–water partition coefficient (Wildman–Crippen LogP) is 4.59. The third-order valence-electron chi connectivity index (χ3n) is 4.01. The summed E-state index contributed by atoms with van der Waals surface area (Å²) >= 11 is 17.4. The molecular weight excluding hydrogens is 413 g/mol. The van der Waals surface area contributed by atoms with E-state index in [-0.39, 0.29) is 4.90 Å². The van der Waals surface area contributed by atoms with E-state index in [4.69, 9.17) is 35.4 Å². The number of sulfonamides is 1. The molecule has 0 unspecified atom stereocenters. The maximum Gasteiger partial charge on any atom is 0.243 e. The number of anilines is 2. The summed E-state index contributed by atoms with van der Waals surface area (Å²) in [6, 6.07) is 11.7. The van der Waals surface area contributed by atoms with Crippen LogP contribution in [0.25, 0.3) is 0 Å². The average molecular weight is 430 g/mol. The van der Waals surface area contributed by atoms with E-state index < -0.39 is 10.0 Å². The van der Waals surface area contributed by atoms with Gasteiger partial charge in [0.25, 0.3) is 0 Å². The number of benzene rings is 2. The van der Waals surface area contributed by atoms with Crippen molar-refractivity contribution in [2.75, 3.05) is 23.7 Å². The van der Waals surface area contributed by atoms with Crippen molar-refractivity contribution in [1.29, 1.82) is 0 Å². The molecule has 1 heterocycles. The second-order valence-electron chi connectivity index (χ2n) is 5.82. The minimum atomic E-state index is -3.42. The highest BCUT2D eigenvalue weighted by atomic mass is 35.5. The van der Waals surface area contributed by atoms with Gasteiger partial charge in [-0.15, -0.1) is 0 Å². The molecule has 26 heavy (non-hydrogen) atoms. The zero-order chi connectivity index (χ0) is 18.7. The molecule has 0 atom stereocenters. The molecule has 0 spiro atoms. The first kappa shape index (κ1) is 19.4. The van der Waals surface area contributed by atoms with Crippen LogP contribution in [-0.2, 0) is 10.0 Å². The van der Waals surface area contributed by atoms with Crippen LogP contribution < -0.4 is 10.6 Å². The van der Waals surface area contributed by atoms with E-state index in [1.165, 1.54) is 4.31 Å². The highest BCUT2D eigenvalue weighted by Crippen LogP contribution is 2.29. The maximum atomic E-state index is 12.5. The Hall–Kier alpha value is -1.38. The van der Waals surface area contributed by atoms with Crippen LogP contribution in [-0.4, -0.2) is 30.9 Å². The highest BCUT2D eigenvalue weighted by molar-refractivity contribution is 7.89. The maximum absolute atomic E-state index is 12.5. The summed E-state index contributed by atoms with van der Waals surface area (Å²) in [5, 5.41) is 7.09. The molecule has 0 aromatic heterocycles. The smallest absolute Gasteiger partial charge is 0.243 e. The van der Waals surface area contributed by atoms with Gasteiger partial charge in [-0.3, -0.25) is 0 Å². The lowest BCUT2D eigenvalue weighted by Crippen LogP contribution is -2.27. The van der Waals surface area contributed by atoms with Gasteiger partial charge in [-0.05, 0) is 61.5 Å². The summed E-state index contributed by atoms with van der Waals surface area (Å²) in [7, 11) is -3.42. The Labute approximate surface area is 168 Å². The molecule has 0 radical (unpaired) electrons. The van der Waals surface area contributed by atoms with Gasteiger partial charge in [0.1, 0.15) is 0 Å². The van der Waals surface area contributed by atoms with Crippen LogP contribution in [0.3, 0.4) is 0 Å². The number of nitrogens with one attached hydrogen (secondary N) is 2. The first-order valence-corrected chi connectivity index (χ1v) is 10.6. The third-order valence-corrected chi connectivity index (χ3v) is 6.95. The Morgan fingerprint density at radius 2 is 1.65 bits per heavy atom. The molecule has 1 aliphatic heterocycles. The quantitative estimate of drug-likeness (QED) is 0.695. The lowest BCUT2D eigenvalue weighted by molar-refractivity contribution is 0.477. The summed E-state index contributed by atoms with van der Waals surface area (Å²) < 4.78 is 26.6. The SMILES string of the molecule is O=S(=O)(c1ccc(NC(=S)Nc2cccc(Cl)c2Cl)cc1)N1CCCC1. The fraction of sp³-hybridized carbons (Fsp3) is 0.235. The molecule has 5 nitrogen and oxygen atoms in total. The molecular formula is C17H17Cl2N3O2S2. The number of nitrogens with zero attached hydrogens (tertiary/aromatic N) is 1. The lowest BCUT2D eigenvalue weighted by atomic mass is 10.3. The second kappa shape index (κ2) is 8.10. The molecule has 2 aromatic carbocycles. The second-order valence-corrected chi connectivity index (χ2v) is 8.95.